The van der Waals surface area contributed by atoms with Crippen LogP contribution in [0.1, 0.15) is 11.3 Å². The number of carbonyl (C=O) groups is 1. The fraction of sp³-hybridized carbons (Fsp3) is 0.263. The quantitative estimate of drug-likeness (QED) is 0.614. The highest BCUT2D eigenvalue weighted by molar-refractivity contribution is 5.93. The van der Waals surface area contributed by atoms with E-state index in [-0.39, 0.29) is 42.6 Å². The third-order valence-electron chi connectivity index (χ3n) is 4.06. The zero-order valence-corrected chi connectivity index (χ0v) is 14.3. The number of hydrogen-bond donors (Lipinski definition) is 3. The van der Waals surface area contributed by atoms with Gasteiger partial charge in [0, 0.05) is 19.0 Å². The number of nitrogens with zero attached hydrogens (tertiary/aromatic N) is 1. The lowest BCUT2D eigenvalue weighted by atomic mass is 10.1. The number of rotatable bonds is 5. The Morgan fingerprint density at radius 3 is 2.44 bits per heavy atom. The van der Waals surface area contributed by atoms with E-state index in [1.807, 2.05) is 0 Å². The second-order valence-electron chi connectivity index (χ2n) is 6.28. The van der Waals surface area contributed by atoms with Gasteiger partial charge in [-0.2, -0.15) is 0 Å². The fourth-order valence-electron chi connectivity index (χ4n) is 2.63. The summed E-state index contributed by atoms with van der Waals surface area (Å²) in [6.07, 6.45) is 0.762. The first kappa shape index (κ1) is 18.8. The Morgan fingerprint density at radius 1 is 1.22 bits per heavy atom. The zero-order valence-electron chi connectivity index (χ0n) is 14.3. The average molecular weight is 375 g/mol. The monoisotopic (exact) mass is 375 g/mol. The Bertz CT molecular complexity index is 951. The van der Waals surface area contributed by atoms with E-state index in [2.05, 4.69) is 0 Å². The van der Waals surface area contributed by atoms with Gasteiger partial charge >= 0.3 is 0 Å². The minimum absolute atomic E-state index is 0.00913. The summed E-state index contributed by atoms with van der Waals surface area (Å²) in [6.45, 7) is -0.212. The van der Waals surface area contributed by atoms with E-state index in [1.54, 1.807) is 18.2 Å². The molecule has 3 aromatic rings. The maximum absolute atomic E-state index is 12.6. The van der Waals surface area contributed by atoms with Crippen LogP contribution in [0.2, 0.25) is 0 Å². The smallest absolute Gasteiger partial charge is 0.250 e. The first-order chi connectivity index (χ1) is 12.9. The van der Waals surface area contributed by atoms with Gasteiger partial charge in [-0.25, -0.2) is 4.39 Å². The molecule has 2 heterocycles. The van der Waals surface area contributed by atoms with Crippen molar-refractivity contribution in [1.82, 2.24) is 4.90 Å². The topological polar surface area (TPSA) is 111 Å². The lowest BCUT2D eigenvalue weighted by Crippen LogP contribution is -2.35. The number of amides is 1. The first-order valence-corrected chi connectivity index (χ1v) is 8.26. The van der Waals surface area contributed by atoms with E-state index in [4.69, 9.17) is 19.7 Å². The Balaban J connectivity index is 0.000000161. The summed E-state index contributed by atoms with van der Waals surface area (Å²) in [7, 11) is 0. The second-order valence-corrected chi connectivity index (χ2v) is 6.28. The van der Waals surface area contributed by atoms with Crippen LogP contribution in [0.4, 0.5) is 4.39 Å². The van der Waals surface area contributed by atoms with Crippen LogP contribution < -0.4 is 5.43 Å². The molecular formula is C19H18FNO6. The molecule has 4 rings (SSSR count). The molecule has 0 radical (unpaired) electrons. The van der Waals surface area contributed by atoms with E-state index >= 15 is 0 Å². The second kappa shape index (κ2) is 7.73. The fourth-order valence-corrected chi connectivity index (χ4v) is 2.63. The highest BCUT2D eigenvalue weighted by atomic mass is 19.1. The summed E-state index contributed by atoms with van der Waals surface area (Å²) in [5.41, 5.74) is 1.46. The maximum Gasteiger partial charge on any atom is 0.250 e. The standard InChI is InChI=1S/C12H7FO2.C7H11NO4/c13-8-3-1-7(2-4-8)5-9-6-10-11(14)12(10)15-9;9-4-6(11)3-8-2-5(10)1-7(8)12/h1-4,6H,5H2;1,6,9-11H,2-4H2. The molecule has 142 valence electrons. The SMILES string of the molecule is O=C1C=C(O)CN1CC(O)CO.O=c1c2cc(Cc3ccc(F)cc3)oc12. The van der Waals surface area contributed by atoms with Crippen molar-refractivity contribution in [2.45, 2.75) is 12.5 Å². The third kappa shape index (κ3) is 4.60. The van der Waals surface area contributed by atoms with Crippen LogP contribution in [0.5, 0.6) is 0 Å². The van der Waals surface area contributed by atoms with E-state index in [9.17, 15) is 14.0 Å². The van der Waals surface area contributed by atoms with Crippen LogP contribution in [0, 0.1) is 5.82 Å². The van der Waals surface area contributed by atoms with Crippen LogP contribution in [-0.4, -0.2) is 51.9 Å². The molecule has 0 saturated carbocycles. The number of benzene rings is 1. The van der Waals surface area contributed by atoms with Gasteiger partial charge in [0.2, 0.25) is 11.3 Å². The van der Waals surface area contributed by atoms with Crippen LogP contribution in [-0.2, 0) is 11.2 Å². The molecule has 0 saturated heterocycles. The summed E-state index contributed by atoms with van der Waals surface area (Å²) in [5.74, 6) is 0.165. The van der Waals surface area contributed by atoms with Gasteiger partial charge in [-0.15, -0.1) is 0 Å². The molecule has 0 bridgehead atoms. The van der Waals surface area contributed by atoms with E-state index in [0.29, 0.717) is 17.4 Å². The van der Waals surface area contributed by atoms with Crippen molar-refractivity contribution in [2.24, 2.45) is 0 Å². The predicted molar refractivity (Wildman–Crippen MR) is 94.4 cm³/mol. The molecule has 7 nitrogen and oxygen atoms in total. The molecule has 1 unspecified atom stereocenters. The molecule has 1 aromatic heterocycles. The van der Waals surface area contributed by atoms with Crippen LogP contribution in [0.15, 0.2) is 51.4 Å². The van der Waals surface area contributed by atoms with E-state index in [0.717, 1.165) is 17.4 Å². The molecule has 1 aliphatic heterocycles. The van der Waals surface area contributed by atoms with Crippen LogP contribution >= 0.6 is 0 Å². The molecule has 0 aliphatic carbocycles. The van der Waals surface area contributed by atoms with Crippen LogP contribution in [0.3, 0.4) is 0 Å². The summed E-state index contributed by atoms with van der Waals surface area (Å²) >= 11 is 0. The number of carbonyl (C=O) groups excluding carboxylic acids is 1. The van der Waals surface area contributed by atoms with Crippen molar-refractivity contribution in [3.8, 4) is 0 Å². The van der Waals surface area contributed by atoms with Gasteiger partial charge in [-0.05, 0) is 23.8 Å². The summed E-state index contributed by atoms with van der Waals surface area (Å²) < 4.78 is 17.9. The lowest BCUT2D eigenvalue weighted by Gasteiger charge is -2.17. The molecular weight excluding hydrogens is 357 g/mol. The minimum Gasteiger partial charge on any atom is -0.510 e. The number of hydrogen-bond acceptors (Lipinski definition) is 6. The van der Waals surface area contributed by atoms with Crippen molar-refractivity contribution in [3.63, 3.8) is 0 Å². The van der Waals surface area contributed by atoms with Gasteiger partial charge in [-0.3, -0.25) is 9.59 Å². The van der Waals surface area contributed by atoms with Gasteiger partial charge in [0.15, 0.2) is 5.58 Å². The Morgan fingerprint density at radius 2 is 1.93 bits per heavy atom. The van der Waals surface area contributed by atoms with Gasteiger partial charge in [0.1, 0.15) is 17.3 Å². The molecule has 1 amide bonds. The van der Waals surface area contributed by atoms with Gasteiger partial charge in [-0.1, -0.05) is 12.1 Å². The average Bonchev–Trinajstić information content (AvgIpc) is 2.97. The van der Waals surface area contributed by atoms with E-state index < -0.39 is 6.10 Å². The lowest BCUT2D eigenvalue weighted by molar-refractivity contribution is -0.126. The first-order valence-electron chi connectivity index (χ1n) is 8.26. The number of aliphatic hydroxyl groups excluding tert-OH is 3. The number of furan rings is 1. The van der Waals surface area contributed by atoms with Crippen molar-refractivity contribution in [3.05, 3.63) is 69.5 Å². The number of β-amino-alcohol motifs (C(OH)–C–C–N with tert-alkyl or cyclic N) is 1. The van der Waals surface area contributed by atoms with Crippen molar-refractivity contribution in [2.75, 3.05) is 19.7 Å². The van der Waals surface area contributed by atoms with Crippen LogP contribution in [0.25, 0.3) is 11.0 Å². The van der Waals surface area contributed by atoms with Gasteiger partial charge in [0.25, 0.3) is 0 Å². The molecule has 0 fully saturated rings. The van der Waals surface area contributed by atoms with Gasteiger partial charge in [0.05, 0.1) is 24.6 Å². The molecule has 1 aliphatic rings. The molecule has 2 aromatic carbocycles. The maximum atomic E-state index is 12.6. The number of halogens is 1. The largest absolute Gasteiger partial charge is 0.510 e. The third-order valence-corrected chi connectivity index (χ3v) is 4.06. The minimum atomic E-state index is -0.937. The number of fused-ring (bicyclic) bond motifs is 1. The summed E-state index contributed by atoms with van der Waals surface area (Å²) in [4.78, 5) is 23.0. The Labute approximate surface area is 153 Å². The van der Waals surface area contributed by atoms with Gasteiger partial charge < -0.3 is 24.6 Å². The molecule has 0 spiro atoms. The molecule has 3 N–H and O–H groups in total. The highest BCUT2D eigenvalue weighted by Gasteiger charge is 2.22. The van der Waals surface area contributed by atoms with Crippen molar-refractivity contribution < 1.29 is 28.9 Å². The molecule has 8 heteroatoms. The number of aliphatic hydroxyl groups is 3. The molecule has 1 atom stereocenters. The normalized spacial score (nSPS) is 15.1. The van der Waals surface area contributed by atoms with E-state index in [1.165, 1.54) is 17.0 Å². The summed E-state index contributed by atoms with van der Waals surface area (Å²) in [5, 5.41) is 27.1. The highest BCUT2D eigenvalue weighted by Crippen LogP contribution is 2.22. The predicted octanol–water partition coefficient (Wildman–Crippen LogP) is 1.02. The zero-order chi connectivity index (χ0) is 19.6. The van der Waals surface area contributed by atoms with Crippen molar-refractivity contribution in [1.29, 1.82) is 0 Å². The molecule has 27 heavy (non-hydrogen) atoms. The van der Waals surface area contributed by atoms with Crippen molar-refractivity contribution >= 4 is 16.9 Å². The Kier molecular flexibility index (Phi) is 5.38. The Hall–Kier alpha value is -2.97. The summed E-state index contributed by atoms with van der Waals surface area (Å²) in [6, 6.07) is 8.00.